The fourth-order valence-electron chi connectivity index (χ4n) is 3.80. The minimum absolute atomic E-state index is 0.128. The van der Waals surface area contributed by atoms with E-state index in [0.717, 1.165) is 37.9 Å². The van der Waals surface area contributed by atoms with E-state index in [0.29, 0.717) is 17.9 Å². The van der Waals surface area contributed by atoms with E-state index < -0.39 is 0 Å². The van der Waals surface area contributed by atoms with Gasteiger partial charge in [-0.25, -0.2) is 0 Å². The molecule has 1 heterocycles. The van der Waals surface area contributed by atoms with Crippen molar-refractivity contribution < 1.29 is 5.11 Å². The van der Waals surface area contributed by atoms with Gasteiger partial charge in [0.1, 0.15) is 0 Å². The van der Waals surface area contributed by atoms with Gasteiger partial charge in [0.15, 0.2) is 0 Å². The van der Waals surface area contributed by atoms with Crippen molar-refractivity contribution in [3.63, 3.8) is 0 Å². The van der Waals surface area contributed by atoms with Gasteiger partial charge in [0.2, 0.25) is 0 Å². The number of nitrogens with zero attached hydrogens (tertiary/aromatic N) is 1. The number of nitrogens with one attached hydrogen (secondary N) is 1. The van der Waals surface area contributed by atoms with Crippen LogP contribution in [0.1, 0.15) is 53.4 Å². The third-order valence-electron chi connectivity index (χ3n) is 5.33. The van der Waals surface area contributed by atoms with Crippen molar-refractivity contribution in [1.82, 2.24) is 10.2 Å². The van der Waals surface area contributed by atoms with Gasteiger partial charge in [0, 0.05) is 25.2 Å². The Bertz CT molecular complexity index is 295. The summed E-state index contributed by atoms with van der Waals surface area (Å²) in [4.78, 5) is 2.67. The van der Waals surface area contributed by atoms with Crippen molar-refractivity contribution in [2.45, 2.75) is 71.6 Å². The largest absolute Gasteiger partial charge is 0.393 e. The summed E-state index contributed by atoms with van der Waals surface area (Å²) in [5, 5.41) is 14.0. The lowest BCUT2D eigenvalue weighted by Gasteiger charge is -2.49. The third kappa shape index (κ3) is 3.96. The predicted octanol–water partition coefficient (Wildman–Crippen LogP) is 2.49. The summed E-state index contributed by atoms with van der Waals surface area (Å²) in [7, 11) is 0. The molecular weight excluding hydrogens is 248 g/mol. The van der Waals surface area contributed by atoms with E-state index in [9.17, 15) is 5.11 Å². The van der Waals surface area contributed by atoms with Crippen LogP contribution in [0.4, 0.5) is 0 Å². The zero-order valence-electron chi connectivity index (χ0n) is 13.8. The van der Waals surface area contributed by atoms with Crippen LogP contribution in [0.15, 0.2) is 0 Å². The van der Waals surface area contributed by atoms with Crippen LogP contribution < -0.4 is 5.32 Å². The summed E-state index contributed by atoms with van der Waals surface area (Å²) < 4.78 is 0. The molecule has 0 amide bonds. The van der Waals surface area contributed by atoms with E-state index in [2.05, 4.69) is 37.9 Å². The van der Waals surface area contributed by atoms with E-state index in [-0.39, 0.29) is 6.10 Å². The standard InChI is InChI=1S/C17H34N2O/c1-5-17(20)14-8-15(18-9-12(2)3)11-19(10-14)16-7-6-13(16)4/h12-18,20H,5-11H2,1-4H3. The van der Waals surface area contributed by atoms with Crippen LogP contribution in [-0.2, 0) is 0 Å². The zero-order valence-corrected chi connectivity index (χ0v) is 13.8. The molecule has 2 rings (SSSR count). The molecular formula is C17H34N2O. The van der Waals surface area contributed by atoms with Gasteiger partial charge in [-0.1, -0.05) is 27.7 Å². The average Bonchev–Trinajstić information content (AvgIpc) is 2.42. The van der Waals surface area contributed by atoms with Crippen molar-refractivity contribution >= 4 is 0 Å². The first kappa shape index (κ1) is 16.3. The molecule has 5 atom stereocenters. The molecule has 0 radical (unpaired) electrons. The molecule has 1 aliphatic carbocycles. The molecule has 0 aromatic rings. The molecule has 0 bridgehead atoms. The highest BCUT2D eigenvalue weighted by atomic mass is 16.3. The maximum Gasteiger partial charge on any atom is 0.0578 e. The molecule has 3 heteroatoms. The number of hydrogen-bond acceptors (Lipinski definition) is 3. The lowest BCUT2D eigenvalue weighted by atomic mass is 9.77. The number of rotatable bonds is 6. The molecule has 2 N–H and O–H groups in total. The van der Waals surface area contributed by atoms with Crippen molar-refractivity contribution in [2.75, 3.05) is 19.6 Å². The molecule has 3 nitrogen and oxygen atoms in total. The number of piperidine rings is 1. The minimum Gasteiger partial charge on any atom is -0.393 e. The summed E-state index contributed by atoms with van der Waals surface area (Å²) in [6, 6.07) is 1.33. The van der Waals surface area contributed by atoms with Gasteiger partial charge in [-0.2, -0.15) is 0 Å². The Morgan fingerprint density at radius 1 is 1.25 bits per heavy atom. The molecule has 2 aliphatic rings. The highest BCUT2D eigenvalue weighted by Crippen LogP contribution is 2.35. The Labute approximate surface area is 125 Å². The van der Waals surface area contributed by atoms with Crippen molar-refractivity contribution in [3.8, 4) is 0 Å². The molecule has 0 aromatic carbocycles. The van der Waals surface area contributed by atoms with Gasteiger partial charge in [-0.3, -0.25) is 4.90 Å². The highest BCUT2D eigenvalue weighted by Gasteiger charge is 2.38. The fraction of sp³-hybridized carbons (Fsp3) is 1.00. The molecule has 20 heavy (non-hydrogen) atoms. The van der Waals surface area contributed by atoms with Crippen LogP contribution in [0.5, 0.6) is 0 Å². The van der Waals surface area contributed by atoms with Gasteiger partial charge in [-0.05, 0) is 50.0 Å². The predicted molar refractivity (Wildman–Crippen MR) is 84.8 cm³/mol. The van der Waals surface area contributed by atoms with Gasteiger partial charge in [0.25, 0.3) is 0 Å². The van der Waals surface area contributed by atoms with E-state index in [4.69, 9.17) is 0 Å². The molecule has 2 fully saturated rings. The highest BCUT2D eigenvalue weighted by molar-refractivity contribution is 4.94. The van der Waals surface area contributed by atoms with Crippen molar-refractivity contribution in [1.29, 1.82) is 0 Å². The monoisotopic (exact) mass is 282 g/mol. The second-order valence-electron chi connectivity index (χ2n) is 7.55. The normalized spacial score (nSPS) is 36.9. The smallest absolute Gasteiger partial charge is 0.0578 e. The number of aliphatic hydroxyl groups is 1. The van der Waals surface area contributed by atoms with Crippen molar-refractivity contribution in [2.24, 2.45) is 17.8 Å². The third-order valence-corrected chi connectivity index (χ3v) is 5.33. The molecule has 0 aromatic heterocycles. The molecule has 1 saturated heterocycles. The number of hydrogen-bond donors (Lipinski definition) is 2. The Kier molecular flexibility index (Phi) is 5.88. The quantitative estimate of drug-likeness (QED) is 0.786. The van der Waals surface area contributed by atoms with Gasteiger partial charge < -0.3 is 10.4 Å². The summed E-state index contributed by atoms with van der Waals surface area (Å²) in [5.41, 5.74) is 0. The van der Waals surface area contributed by atoms with Gasteiger partial charge in [-0.15, -0.1) is 0 Å². The lowest BCUT2D eigenvalue weighted by molar-refractivity contribution is -0.0163. The van der Waals surface area contributed by atoms with Gasteiger partial charge in [0.05, 0.1) is 6.10 Å². The fourth-order valence-corrected chi connectivity index (χ4v) is 3.80. The second-order valence-corrected chi connectivity index (χ2v) is 7.55. The van der Waals surface area contributed by atoms with E-state index >= 15 is 0 Å². The number of likely N-dealkylation sites (tertiary alicyclic amines) is 1. The minimum atomic E-state index is -0.128. The van der Waals surface area contributed by atoms with Crippen LogP contribution >= 0.6 is 0 Å². The van der Waals surface area contributed by atoms with Gasteiger partial charge >= 0.3 is 0 Å². The molecule has 5 unspecified atom stereocenters. The van der Waals surface area contributed by atoms with Crippen LogP contribution in [0.3, 0.4) is 0 Å². The first-order valence-electron chi connectivity index (χ1n) is 8.66. The van der Waals surface area contributed by atoms with Crippen LogP contribution in [0, 0.1) is 17.8 Å². The van der Waals surface area contributed by atoms with E-state index in [1.54, 1.807) is 0 Å². The Hall–Kier alpha value is -0.120. The Morgan fingerprint density at radius 2 is 2.00 bits per heavy atom. The summed E-state index contributed by atoms with van der Waals surface area (Å²) in [6.45, 7) is 12.4. The maximum absolute atomic E-state index is 10.3. The summed E-state index contributed by atoms with van der Waals surface area (Å²) >= 11 is 0. The van der Waals surface area contributed by atoms with E-state index in [1.807, 2.05) is 0 Å². The summed E-state index contributed by atoms with van der Waals surface area (Å²) in [5.74, 6) is 1.99. The molecule has 1 aliphatic heterocycles. The molecule has 0 spiro atoms. The maximum atomic E-state index is 10.3. The zero-order chi connectivity index (χ0) is 14.7. The molecule has 118 valence electrons. The number of aliphatic hydroxyl groups excluding tert-OH is 1. The van der Waals surface area contributed by atoms with Crippen molar-refractivity contribution in [3.05, 3.63) is 0 Å². The summed E-state index contributed by atoms with van der Waals surface area (Å²) in [6.07, 6.45) is 4.63. The van der Waals surface area contributed by atoms with Crippen LogP contribution in [0.25, 0.3) is 0 Å². The van der Waals surface area contributed by atoms with E-state index in [1.165, 1.54) is 19.4 Å². The van der Waals surface area contributed by atoms with Crippen LogP contribution in [0.2, 0.25) is 0 Å². The van der Waals surface area contributed by atoms with Crippen LogP contribution in [-0.4, -0.2) is 47.8 Å². The Balaban J connectivity index is 1.94. The Morgan fingerprint density at radius 3 is 2.50 bits per heavy atom. The molecule has 1 saturated carbocycles. The first-order chi connectivity index (χ1) is 9.51. The SMILES string of the molecule is CCC(O)C1CC(NCC(C)C)CN(C2CCC2C)C1. The second kappa shape index (κ2) is 7.24. The average molecular weight is 282 g/mol. The first-order valence-corrected chi connectivity index (χ1v) is 8.66. The topological polar surface area (TPSA) is 35.5 Å². The lowest BCUT2D eigenvalue weighted by Crippen LogP contribution is -2.58.